The van der Waals surface area contributed by atoms with Crippen LogP contribution in [0.15, 0.2) is 0 Å². The number of nitrogens with one attached hydrogen (secondary N) is 1. The van der Waals surface area contributed by atoms with Gasteiger partial charge in [0.2, 0.25) is 0 Å². The first-order valence-electron chi connectivity index (χ1n) is 5.28. The molecule has 0 aromatic rings. The second-order valence-corrected chi connectivity index (χ2v) is 4.17. The molecule has 0 aliphatic heterocycles. The van der Waals surface area contributed by atoms with Crippen LogP contribution in [0.3, 0.4) is 0 Å². The summed E-state index contributed by atoms with van der Waals surface area (Å²) in [6, 6.07) is 0. The minimum absolute atomic E-state index is 0.0473. The fourth-order valence-corrected chi connectivity index (χ4v) is 1.61. The van der Waals surface area contributed by atoms with Crippen molar-refractivity contribution in [3.63, 3.8) is 0 Å². The molecule has 0 saturated heterocycles. The molecule has 0 aromatic carbocycles. The summed E-state index contributed by atoms with van der Waals surface area (Å²) in [5.74, 6) is -0.643. The third-order valence-corrected chi connectivity index (χ3v) is 2.75. The second-order valence-electron chi connectivity index (χ2n) is 4.17. The lowest BCUT2D eigenvalue weighted by atomic mass is 9.96. The quantitative estimate of drug-likeness (QED) is 0.744. The second kappa shape index (κ2) is 4.61. The molecule has 1 aliphatic rings. The van der Waals surface area contributed by atoms with E-state index in [1.165, 1.54) is 6.92 Å². The summed E-state index contributed by atoms with van der Waals surface area (Å²) >= 11 is 0. The number of hydrogen-bond acceptors (Lipinski definition) is 3. The first kappa shape index (κ1) is 13.3. The lowest BCUT2D eigenvalue weighted by Crippen LogP contribution is -2.55. The third kappa shape index (κ3) is 3.37. The van der Waals surface area contributed by atoms with Gasteiger partial charge in [-0.15, -0.1) is 0 Å². The number of carbonyl (C=O) groups is 1. The maximum atomic E-state index is 12.1. The fourth-order valence-electron chi connectivity index (χ4n) is 1.61. The number of rotatable bonds is 5. The highest BCUT2D eigenvalue weighted by Crippen LogP contribution is 2.40. The van der Waals surface area contributed by atoms with Crippen molar-refractivity contribution in [2.45, 2.75) is 38.4 Å². The van der Waals surface area contributed by atoms with Crippen LogP contribution in [-0.2, 0) is 9.53 Å². The summed E-state index contributed by atoms with van der Waals surface area (Å²) in [6.45, 7) is 2.12. The lowest BCUT2D eigenvalue weighted by molar-refractivity contribution is -0.156. The summed E-state index contributed by atoms with van der Waals surface area (Å²) in [5.41, 5.74) is -1.20. The van der Waals surface area contributed by atoms with Gasteiger partial charge in [-0.1, -0.05) is 0 Å². The van der Waals surface area contributed by atoms with Crippen LogP contribution in [0, 0.1) is 5.92 Å². The van der Waals surface area contributed by atoms with Crippen LogP contribution < -0.4 is 5.32 Å². The smallest absolute Gasteiger partial charge is 0.401 e. The summed E-state index contributed by atoms with van der Waals surface area (Å²) in [4.78, 5) is 11.6. The Morgan fingerprint density at radius 1 is 1.44 bits per heavy atom. The van der Waals surface area contributed by atoms with Gasteiger partial charge in [0.05, 0.1) is 13.2 Å². The highest BCUT2D eigenvalue weighted by Gasteiger charge is 2.49. The molecule has 0 spiro atoms. The average Bonchev–Trinajstić information content (AvgIpc) is 2.96. The minimum atomic E-state index is -4.32. The molecule has 1 atom stereocenters. The number of alkyl halides is 3. The van der Waals surface area contributed by atoms with E-state index in [-0.39, 0.29) is 12.5 Å². The van der Waals surface area contributed by atoms with Crippen molar-refractivity contribution in [2.24, 2.45) is 5.92 Å². The summed E-state index contributed by atoms with van der Waals surface area (Å²) in [5, 5.41) is 2.28. The first-order chi connectivity index (χ1) is 7.29. The molecule has 1 saturated carbocycles. The van der Waals surface area contributed by atoms with Gasteiger partial charge in [0.25, 0.3) is 0 Å². The van der Waals surface area contributed by atoms with Gasteiger partial charge in [-0.3, -0.25) is 10.1 Å². The van der Waals surface area contributed by atoms with Gasteiger partial charge in [0.15, 0.2) is 0 Å². The van der Waals surface area contributed by atoms with Crippen LogP contribution in [-0.4, -0.2) is 30.8 Å². The van der Waals surface area contributed by atoms with E-state index in [9.17, 15) is 18.0 Å². The molecule has 0 radical (unpaired) electrons. The van der Waals surface area contributed by atoms with Gasteiger partial charge in [0, 0.05) is 0 Å². The number of ether oxygens (including phenoxy) is 1. The minimum Gasteiger partial charge on any atom is -0.465 e. The van der Waals surface area contributed by atoms with Crippen molar-refractivity contribution in [1.29, 1.82) is 0 Å². The van der Waals surface area contributed by atoms with E-state index in [0.717, 1.165) is 12.8 Å². The lowest BCUT2D eigenvalue weighted by Gasteiger charge is -2.29. The van der Waals surface area contributed by atoms with Gasteiger partial charge < -0.3 is 4.74 Å². The van der Waals surface area contributed by atoms with E-state index in [1.54, 1.807) is 6.92 Å². The van der Waals surface area contributed by atoms with Crippen LogP contribution in [0.4, 0.5) is 13.2 Å². The Kier molecular flexibility index (Phi) is 3.83. The molecule has 0 bridgehead atoms. The van der Waals surface area contributed by atoms with E-state index >= 15 is 0 Å². The molecule has 3 nitrogen and oxygen atoms in total. The fraction of sp³-hybridized carbons (Fsp3) is 0.900. The number of halogens is 3. The van der Waals surface area contributed by atoms with Crippen LogP contribution in [0.2, 0.25) is 0 Å². The molecular formula is C10H16F3NO2. The van der Waals surface area contributed by atoms with Gasteiger partial charge in [-0.05, 0) is 32.6 Å². The molecule has 0 heterocycles. The zero-order chi connectivity index (χ0) is 12.4. The van der Waals surface area contributed by atoms with E-state index in [1.807, 2.05) is 0 Å². The highest BCUT2D eigenvalue weighted by atomic mass is 19.4. The number of carbonyl (C=O) groups excluding carboxylic acids is 1. The predicted octanol–water partition coefficient (Wildman–Crippen LogP) is 1.87. The SMILES string of the molecule is CCOC(=O)C(C)(NCC(F)(F)F)C1CC1. The Balaban J connectivity index is 2.61. The average molecular weight is 239 g/mol. The molecule has 0 amide bonds. The maximum absolute atomic E-state index is 12.1. The topological polar surface area (TPSA) is 38.3 Å². The molecule has 16 heavy (non-hydrogen) atoms. The zero-order valence-electron chi connectivity index (χ0n) is 9.36. The monoisotopic (exact) mass is 239 g/mol. The Bertz CT molecular complexity index is 263. The van der Waals surface area contributed by atoms with Crippen molar-refractivity contribution in [3.05, 3.63) is 0 Å². The van der Waals surface area contributed by atoms with Crippen LogP contribution in [0.5, 0.6) is 0 Å². The van der Waals surface area contributed by atoms with Crippen LogP contribution >= 0.6 is 0 Å². The number of esters is 1. The third-order valence-electron chi connectivity index (χ3n) is 2.75. The van der Waals surface area contributed by atoms with Gasteiger partial charge in [-0.25, -0.2) is 0 Å². The first-order valence-corrected chi connectivity index (χ1v) is 5.28. The van der Waals surface area contributed by atoms with Crippen molar-refractivity contribution in [1.82, 2.24) is 5.32 Å². The van der Waals surface area contributed by atoms with E-state index in [0.29, 0.717) is 0 Å². The van der Waals surface area contributed by atoms with Gasteiger partial charge in [-0.2, -0.15) is 13.2 Å². The predicted molar refractivity (Wildman–Crippen MR) is 51.8 cm³/mol. The van der Waals surface area contributed by atoms with Crippen molar-refractivity contribution >= 4 is 5.97 Å². The Labute approximate surface area is 92.3 Å². The Hall–Kier alpha value is -0.780. The normalized spacial score (nSPS) is 20.3. The van der Waals surface area contributed by atoms with E-state index in [2.05, 4.69) is 5.32 Å². The standard InChI is InChI=1S/C10H16F3NO2/c1-3-16-8(15)9(2,7-4-5-7)14-6-10(11,12)13/h7,14H,3-6H2,1-2H3. The molecule has 0 aromatic heterocycles. The Morgan fingerprint density at radius 3 is 2.38 bits per heavy atom. The van der Waals surface area contributed by atoms with Crippen molar-refractivity contribution < 1.29 is 22.7 Å². The summed E-state index contributed by atoms with van der Waals surface area (Å²) in [7, 11) is 0. The molecule has 94 valence electrons. The van der Waals surface area contributed by atoms with Crippen molar-refractivity contribution in [3.8, 4) is 0 Å². The van der Waals surface area contributed by atoms with Gasteiger partial charge >= 0.3 is 12.1 Å². The van der Waals surface area contributed by atoms with E-state index < -0.39 is 24.2 Å². The largest absolute Gasteiger partial charge is 0.465 e. The molecule has 6 heteroatoms. The zero-order valence-corrected chi connectivity index (χ0v) is 9.36. The van der Waals surface area contributed by atoms with Crippen LogP contribution in [0.25, 0.3) is 0 Å². The van der Waals surface area contributed by atoms with Crippen LogP contribution in [0.1, 0.15) is 26.7 Å². The highest BCUT2D eigenvalue weighted by molar-refractivity contribution is 5.81. The molecule has 1 aliphatic carbocycles. The summed E-state index contributed by atoms with van der Waals surface area (Å²) < 4.78 is 41.1. The molecule has 1 fully saturated rings. The molecule has 1 N–H and O–H groups in total. The maximum Gasteiger partial charge on any atom is 0.401 e. The molecule has 1 unspecified atom stereocenters. The van der Waals surface area contributed by atoms with Gasteiger partial charge in [0.1, 0.15) is 5.54 Å². The molecular weight excluding hydrogens is 223 g/mol. The Morgan fingerprint density at radius 2 is 2.00 bits per heavy atom. The summed E-state index contributed by atoms with van der Waals surface area (Å²) in [6.07, 6.45) is -2.79. The van der Waals surface area contributed by atoms with Crippen molar-refractivity contribution in [2.75, 3.05) is 13.2 Å². The number of hydrogen-bond donors (Lipinski definition) is 1. The molecule has 1 rings (SSSR count). The van der Waals surface area contributed by atoms with E-state index in [4.69, 9.17) is 4.74 Å².